The lowest BCUT2D eigenvalue weighted by Crippen LogP contribution is -2.06. The summed E-state index contributed by atoms with van der Waals surface area (Å²) in [5, 5.41) is 8.89. The Morgan fingerprint density at radius 3 is 2.71 bits per heavy atom. The predicted octanol–water partition coefficient (Wildman–Crippen LogP) is 2.12. The highest BCUT2D eigenvalue weighted by atomic mass is 19.1. The van der Waals surface area contributed by atoms with E-state index in [-0.39, 0.29) is 23.9 Å². The Kier molecular flexibility index (Phi) is 3.36. The van der Waals surface area contributed by atoms with E-state index < -0.39 is 5.82 Å². The standard InChI is InChI=1S/C11H13FO2/c1-7(6-13)9-4-3-5-10(8(2)14)11(9)12/h3-5,7,13H,6H2,1-2H3/t7-/m1/s1. The van der Waals surface area contributed by atoms with Crippen LogP contribution in [-0.4, -0.2) is 17.5 Å². The minimum atomic E-state index is -0.512. The predicted molar refractivity (Wildman–Crippen MR) is 51.9 cm³/mol. The molecule has 0 fully saturated rings. The maximum Gasteiger partial charge on any atom is 0.162 e. The van der Waals surface area contributed by atoms with Crippen LogP contribution in [0.3, 0.4) is 0 Å². The number of hydrogen-bond acceptors (Lipinski definition) is 2. The molecule has 0 aliphatic rings. The zero-order chi connectivity index (χ0) is 10.7. The first kappa shape index (κ1) is 10.9. The smallest absolute Gasteiger partial charge is 0.162 e. The van der Waals surface area contributed by atoms with Crippen molar-refractivity contribution >= 4 is 5.78 Å². The summed E-state index contributed by atoms with van der Waals surface area (Å²) < 4.78 is 13.6. The molecule has 0 heterocycles. The second kappa shape index (κ2) is 4.33. The fourth-order valence-corrected chi connectivity index (χ4v) is 1.30. The Labute approximate surface area is 82.4 Å². The molecule has 0 aliphatic heterocycles. The largest absolute Gasteiger partial charge is 0.396 e. The molecule has 0 aliphatic carbocycles. The average Bonchev–Trinajstić information content (AvgIpc) is 2.16. The first-order valence-corrected chi connectivity index (χ1v) is 4.48. The number of Topliss-reactive ketones (excluding diaryl/α,β-unsaturated/α-hetero) is 1. The van der Waals surface area contributed by atoms with Crippen LogP contribution in [-0.2, 0) is 0 Å². The van der Waals surface area contributed by atoms with E-state index in [4.69, 9.17) is 5.11 Å². The number of aliphatic hydroxyl groups is 1. The Bertz CT molecular complexity index is 347. The van der Waals surface area contributed by atoms with Crippen LogP contribution >= 0.6 is 0 Å². The molecule has 1 aromatic carbocycles. The van der Waals surface area contributed by atoms with Gasteiger partial charge in [-0.1, -0.05) is 19.1 Å². The van der Waals surface area contributed by atoms with Gasteiger partial charge in [0.2, 0.25) is 0 Å². The maximum absolute atomic E-state index is 13.6. The molecule has 2 nitrogen and oxygen atoms in total. The molecule has 3 heteroatoms. The number of rotatable bonds is 3. The van der Waals surface area contributed by atoms with Crippen LogP contribution in [0.5, 0.6) is 0 Å². The molecule has 0 saturated heterocycles. The summed E-state index contributed by atoms with van der Waals surface area (Å²) in [7, 11) is 0. The minimum Gasteiger partial charge on any atom is -0.396 e. The lowest BCUT2D eigenvalue weighted by atomic mass is 9.98. The molecule has 14 heavy (non-hydrogen) atoms. The van der Waals surface area contributed by atoms with Crippen molar-refractivity contribution in [2.24, 2.45) is 0 Å². The normalized spacial score (nSPS) is 12.6. The van der Waals surface area contributed by atoms with Gasteiger partial charge in [0.15, 0.2) is 5.78 Å². The Balaban J connectivity index is 3.20. The number of halogens is 1. The summed E-state index contributed by atoms with van der Waals surface area (Å²) >= 11 is 0. The van der Waals surface area contributed by atoms with Gasteiger partial charge in [-0.05, 0) is 18.6 Å². The van der Waals surface area contributed by atoms with Crippen molar-refractivity contribution < 1.29 is 14.3 Å². The van der Waals surface area contributed by atoms with Crippen molar-refractivity contribution in [3.05, 3.63) is 35.1 Å². The van der Waals surface area contributed by atoms with Gasteiger partial charge < -0.3 is 5.11 Å². The van der Waals surface area contributed by atoms with E-state index in [2.05, 4.69) is 0 Å². The van der Waals surface area contributed by atoms with E-state index in [0.29, 0.717) is 5.56 Å². The second-order valence-electron chi connectivity index (χ2n) is 3.35. The highest BCUT2D eigenvalue weighted by Crippen LogP contribution is 2.21. The first-order chi connectivity index (χ1) is 6.57. The van der Waals surface area contributed by atoms with Crippen molar-refractivity contribution in [1.29, 1.82) is 0 Å². The van der Waals surface area contributed by atoms with Gasteiger partial charge in [-0.2, -0.15) is 0 Å². The van der Waals surface area contributed by atoms with Crippen molar-refractivity contribution in [1.82, 2.24) is 0 Å². The van der Waals surface area contributed by atoms with E-state index in [1.807, 2.05) is 0 Å². The monoisotopic (exact) mass is 196 g/mol. The van der Waals surface area contributed by atoms with E-state index in [0.717, 1.165) is 0 Å². The van der Waals surface area contributed by atoms with Gasteiger partial charge in [0.25, 0.3) is 0 Å². The second-order valence-corrected chi connectivity index (χ2v) is 3.35. The van der Waals surface area contributed by atoms with Gasteiger partial charge in [-0.3, -0.25) is 4.79 Å². The molecule has 0 amide bonds. The van der Waals surface area contributed by atoms with Gasteiger partial charge in [-0.25, -0.2) is 4.39 Å². The third-order valence-corrected chi connectivity index (χ3v) is 2.21. The number of benzene rings is 1. The maximum atomic E-state index is 13.6. The zero-order valence-electron chi connectivity index (χ0n) is 8.25. The van der Waals surface area contributed by atoms with Crippen molar-refractivity contribution in [2.45, 2.75) is 19.8 Å². The van der Waals surface area contributed by atoms with Gasteiger partial charge in [-0.15, -0.1) is 0 Å². The van der Waals surface area contributed by atoms with Crippen molar-refractivity contribution in [3.8, 4) is 0 Å². The average molecular weight is 196 g/mol. The molecule has 76 valence electrons. The fourth-order valence-electron chi connectivity index (χ4n) is 1.30. The molecule has 1 N–H and O–H groups in total. The van der Waals surface area contributed by atoms with E-state index in [9.17, 15) is 9.18 Å². The van der Waals surface area contributed by atoms with Gasteiger partial charge in [0, 0.05) is 12.5 Å². The molecule has 0 aromatic heterocycles. The Morgan fingerprint density at radius 2 is 2.21 bits per heavy atom. The molecule has 0 saturated carbocycles. The summed E-state index contributed by atoms with van der Waals surface area (Å²) in [5.74, 6) is -1.09. The lowest BCUT2D eigenvalue weighted by Gasteiger charge is -2.11. The molecule has 0 unspecified atom stereocenters. The first-order valence-electron chi connectivity index (χ1n) is 4.48. The van der Waals surface area contributed by atoms with Crippen LogP contribution in [0.4, 0.5) is 4.39 Å². The molecular formula is C11H13FO2. The fraction of sp³-hybridized carbons (Fsp3) is 0.364. The van der Waals surface area contributed by atoms with Crippen LogP contribution < -0.4 is 0 Å². The van der Waals surface area contributed by atoms with Crippen LogP contribution in [0, 0.1) is 5.82 Å². The van der Waals surface area contributed by atoms with Gasteiger partial charge in [0.1, 0.15) is 5.82 Å². The van der Waals surface area contributed by atoms with Crippen molar-refractivity contribution in [3.63, 3.8) is 0 Å². The molecule has 0 bridgehead atoms. The SMILES string of the molecule is CC(=O)c1cccc([C@H](C)CO)c1F. The van der Waals surface area contributed by atoms with Crippen molar-refractivity contribution in [2.75, 3.05) is 6.61 Å². The van der Waals surface area contributed by atoms with E-state index >= 15 is 0 Å². The van der Waals surface area contributed by atoms with E-state index in [1.54, 1.807) is 19.1 Å². The summed E-state index contributed by atoms with van der Waals surface area (Å²) in [6.45, 7) is 2.91. The van der Waals surface area contributed by atoms with Crippen LogP contribution in [0.25, 0.3) is 0 Å². The molecule has 0 radical (unpaired) electrons. The van der Waals surface area contributed by atoms with Crippen LogP contribution in [0.1, 0.15) is 35.7 Å². The van der Waals surface area contributed by atoms with Crippen LogP contribution in [0.2, 0.25) is 0 Å². The molecule has 1 aromatic rings. The Hall–Kier alpha value is -1.22. The topological polar surface area (TPSA) is 37.3 Å². The highest BCUT2D eigenvalue weighted by molar-refractivity contribution is 5.94. The quantitative estimate of drug-likeness (QED) is 0.752. The summed E-state index contributed by atoms with van der Waals surface area (Å²) in [5.41, 5.74) is 0.475. The third kappa shape index (κ3) is 1.99. The third-order valence-electron chi connectivity index (χ3n) is 2.21. The zero-order valence-corrected chi connectivity index (χ0v) is 8.25. The van der Waals surface area contributed by atoms with Crippen LogP contribution in [0.15, 0.2) is 18.2 Å². The minimum absolute atomic E-state index is 0.0859. The van der Waals surface area contributed by atoms with Gasteiger partial charge in [0.05, 0.1) is 5.56 Å². The number of ketones is 1. The summed E-state index contributed by atoms with van der Waals surface area (Å²) in [6.07, 6.45) is 0. The summed E-state index contributed by atoms with van der Waals surface area (Å²) in [4.78, 5) is 11.0. The van der Waals surface area contributed by atoms with E-state index in [1.165, 1.54) is 13.0 Å². The number of hydrogen-bond donors (Lipinski definition) is 1. The molecule has 0 spiro atoms. The summed E-state index contributed by atoms with van der Waals surface area (Å²) in [6, 6.07) is 4.66. The Morgan fingerprint density at radius 1 is 1.57 bits per heavy atom. The molecular weight excluding hydrogens is 183 g/mol. The number of carbonyl (C=O) groups excluding carboxylic acids is 1. The number of carbonyl (C=O) groups is 1. The number of aliphatic hydroxyl groups excluding tert-OH is 1. The van der Waals surface area contributed by atoms with Gasteiger partial charge >= 0.3 is 0 Å². The molecule has 1 atom stereocenters. The molecule has 1 rings (SSSR count). The highest BCUT2D eigenvalue weighted by Gasteiger charge is 2.15. The lowest BCUT2D eigenvalue weighted by molar-refractivity contribution is 0.101.